The molecule has 4 aliphatic rings. The first kappa shape index (κ1) is 16.8. The fraction of sp³-hybridized carbons (Fsp3) is 0.588. The van der Waals surface area contributed by atoms with Gasteiger partial charge in [0, 0.05) is 0 Å². The quantitative estimate of drug-likeness (QED) is 0.299. The Balaban J connectivity index is 1.57. The lowest BCUT2D eigenvalue weighted by molar-refractivity contribution is -0.161. The van der Waals surface area contributed by atoms with Gasteiger partial charge in [-0.25, -0.2) is 8.42 Å². The van der Waals surface area contributed by atoms with Crippen molar-refractivity contribution < 1.29 is 22.5 Å². The molecule has 0 saturated heterocycles. The Bertz CT molecular complexity index is 766. The molecule has 4 bridgehead atoms. The van der Waals surface area contributed by atoms with E-state index in [-0.39, 0.29) is 16.3 Å². The molecule has 1 aromatic carbocycles. The number of carbonyl (C=O) groups is 1. The zero-order valence-corrected chi connectivity index (χ0v) is 16.0. The van der Waals surface area contributed by atoms with E-state index in [2.05, 4.69) is 0 Å². The van der Waals surface area contributed by atoms with Gasteiger partial charge in [-0.05, 0) is 97.1 Å². The maximum Gasteiger partial charge on any atom is 0.317 e. The highest BCUT2D eigenvalue weighted by molar-refractivity contribution is 14.1. The van der Waals surface area contributed by atoms with Gasteiger partial charge >= 0.3 is 5.97 Å². The summed E-state index contributed by atoms with van der Waals surface area (Å²) in [4.78, 5) is 12.6. The number of carbonyl (C=O) groups excluding carboxylic acids is 1. The predicted molar refractivity (Wildman–Crippen MR) is 93.4 cm³/mol. The average Bonchev–Trinajstić information content (AvgIpc) is 2.46. The van der Waals surface area contributed by atoms with E-state index in [0.717, 1.165) is 19.3 Å². The van der Waals surface area contributed by atoms with Crippen molar-refractivity contribution >= 4 is 38.7 Å². The minimum atomic E-state index is -4.50. The normalized spacial score (nSPS) is 34.3. The monoisotopic (exact) mass is 461 g/mol. The van der Waals surface area contributed by atoms with Crippen molar-refractivity contribution in [2.45, 2.75) is 43.4 Å². The van der Waals surface area contributed by atoms with E-state index >= 15 is 0 Å². The third-order valence-electron chi connectivity index (χ3n) is 5.87. The van der Waals surface area contributed by atoms with Crippen molar-refractivity contribution in [1.82, 2.24) is 0 Å². The summed E-state index contributed by atoms with van der Waals surface area (Å²) in [5.41, 5.74) is -0.360. The molecule has 5 rings (SSSR count). The van der Waals surface area contributed by atoms with Crippen LogP contribution in [0.4, 0.5) is 0 Å². The molecule has 0 radical (unpaired) electrons. The molecule has 7 heteroatoms. The fourth-order valence-electron chi connectivity index (χ4n) is 5.29. The third-order valence-corrected chi connectivity index (χ3v) is 7.54. The van der Waals surface area contributed by atoms with E-state index < -0.39 is 10.1 Å². The molecule has 1 aromatic rings. The van der Waals surface area contributed by atoms with Gasteiger partial charge in [-0.1, -0.05) is 0 Å². The van der Waals surface area contributed by atoms with Crippen LogP contribution in [0.25, 0.3) is 0 Å². The molecular formula is C17H18IO5S-. The number of hydrogen-bond donors (Lipinski definition) is 0. The van der Waals surface area contributed by atoms with E-state index in [1.54, 1.807) is 0 Å². The van der Waals surface area contributed by atoms with Gasteiger partial charge in [0.2, 0.25) is 0 Å². The number of halogens is 1. The van der Waals surface area contributed by atoms with E-state index in [4.69, 9.17) is 4.74 Å². The maximum absolute atomic E-state index is 12.9. The average molecular weight is 461 g/mol. The van der Waals surface area contributed by atoms with Crippen LogP contribution < -0.4 is 4.74 Å². The van der Waals surface area contributed by atoms with Crippen LogP contribution in [0.1, 0.15) is 38.5 Å². The summed E-state index contributed by atoms with van der Waals surface area (Å²) in [6.45, 7) is 0. The number of rotatable bonds is 3. The third kappa shape index (κ3) is 2.88. The van der Waals surface area contributed by atoms with Crippen molar-refractivity contribution in [2.75, 3.05) is 0 Å². The number of benzene rings is 1. The Kier molecular flexibility index (Phi) is 3.96. The largest absolute Gasteiger partial charge is 0.744 e. The fourth-order valence-corrected chi connectivity index (χ4v) is 6.62. The van der Waals surface area contributed by atoms with Crippen LogP contribution in [-0.4, -0.2) is 18.9 Å². The zero-order valence-electron chi connectivity index (χ0n) is 13.0. The summed E-state index contributed by atoms with van der Waals surface area (Å²) in [6.07, 6.45) is 6.50. The predicted octanol–water partition coefficient (Wildman–Crippen LogP) is 3.32. The Morgan fingerprint density at radius 2 is 1.67 bits per heavy atom. The topological polar surface area (TPSA) is 83.5 Å². The molecule has 24 heavy (non-hydrogen) atoms. The molecule has 0 unspecified atom stereocenters. The van der Waals surface area contributed by atoms with Crippen LogP contribution >= 0.6 is 22.6 Å². The summed E-state index contributed by atoms with van der Waals surface area (Å²) in [5, 5.41) is 0. The molecule has 4 saturated carbocycles. The first-order valence-electron chi connectivity index (χ1n) is 8.23. The SMILES string of the molecule is O=C(Oc1ccc(S(=O)(=O)[O-])cc1I)C12CC3CC(CC(C3)C1)C2. The summed E-state index contributed by atoms with van der Waals surface area (Å²) < 4.78 is 39.4. The highest BCUT2D eigenvalue weighted by atomic mass is 127. The van der Waals surface area contributed by atoms with Gasteiger partial charge in [0.15, 0.2) is 0 Å². The van der Waals surface area contributed by atoms with Crippen molar-refractivity contribution in [3.8, 4) is 5.75 Å². The van der Waals surface area contributed by atoms with E-state index in [9.17, 15) is 17.8 Å². The van der Waals surface area contributed by atoms with Gasteiger partial charge in [0.05, 0.1) is 13.9 Å². The van der Waals surface area contributed by atoms with Gasteiger partial charge in [0.1, 0.15) is 15.9 Å². The van der Waals surface area contributed by atoms with Crippen molar-refractivity contribution in [3.63, 3.8) is 0 Å². The molecule has 0 aliphatic heterocycles. The molecular weight excluding hydrogens is 443 g/mol. The summed E-state index contributed by atoms with van der Waals surface area (Å²) in [7, 11) is -4.50. The van der Waals surface area contributed by atoms with Crippen LogP contribution in [0.15, 0.2) is 23.1 Å². The molecule has 0 spiro atoms. The van der Waals surface area contributed by atoms with Crippen LogP contribution in [0, 0.1) is 26.7 Å². The van der Waals surface area contributed by atoms with Crippen molar-refractivity contribution in [3.05, 3.63) is 21.8 Å². The number of hydrogen-bond acceptors (Lipinski definition) is 5. The second-order valence-electron chi connectivity index (χ2n) is 7.63. The Morgan fingerprint density at radius 1 is 1.12 bits per heavy atom. The second kappa shape index (κ2) is 5.67. The van der Waals surface area contributed by atoms with Crippen LogP contribution in [0.2, 0.25) is 0 Å². The van der Waals surface area contributed by atoms with Gasteiger partial charge < -0.3 is 9.29 Å². The molecule has 130 valence electrons. The highest BCUT2D eigenvalue weighted by Crippen LogP contribution is 2.60. The van der Waals surface area contributed by atoms with Gasteiger partial charge in [-0.3, -0.25) is 4.79 Å². The maximum atomic E-state index is 12.9. The van der Waals surface area contributed by atoms with Gasteiger partial charge in [-0.15, -0.1) is 0 Å². The lowest BCUT2D eigenvalue weighted by Gasteiger charge is -2.55. The molecule has 0 heterocycles. The summed E-state index contributed by atoms with van der Waals surface area (Å²) in [6, 6.07) is 3.86. The second-order valence-corrected chi connectivity index (χ2v) is 10.2. The molecule has 0 N–H and O–H groups in total. The Hall–Kier alpha value is -0.670. The molecule has 4 aliphatic carbocycles. The first-order chi connectivity index (χ1) is 11.2. The smallest absolute Gasteiger partial charge is 0.317 e. The Morgan fingerprint density at radius 3 is 2.12 bits per heavy atom. The van der Waals surface area contributed by atoms with Gasteiger partial charge in [-0.2, -0.15) is 0 Å². The van der Waals surface area contributed by atoms with Crippen molar-refractivity contribution in [1.29, 1.82) is 0 Å². The number of ether oxygens (including phenoxy) is 1. The number of esters is 1. The van der Waals surface area contributed by atoms with Crippen LogP contribution in [0.5, 0.6) is 5.75 Å². The first-order valence-corrected chi connectivity index (χ1v) is 10.7. The molecule has 0 amide bonds. The summed E-state index contributed by atoms with van der Waals surface area (Å²) >= 11 is 1.90. The minimum Gasteiger partial charge on any atom is -0.744 e. The molecule has 0 aromatic heterocycles. The van der Waals surface area contributed by atoms with E-state index in [1.165, 1.54) is 37.5 Å². The molecule has 4 fully saturated rings. The van der Waals surface area contributed by atoms with Crippen LogP contribution in [-0.2, 0) is 14.9 Å². The minimum absolute atomic E-state index is 0.183. The van der Waals surface area contributed by atoms with Crippen molar-refractivity contribution in [2.24, 2.45) is 23.2 Å². The summed E-state index contributed by atoms with van der Waals surface area (Å²) in [5.74, 6) is 2.10. The molecule has 0 atom stereocenters. The molecule has 5 nitrogen and oxygen atoms in total. The lowest BCUT2D eigenvalue weighted by atomic mass is 9.49. The van der Waals surface area contributed by atoms with Crippen LogP contribution in [0.3, 0.4) is 0 Å². The standard InChI is InChI=1S/C17H19IO5S/c18-14-6-13(24(20,21)22)1-2-15(14)23-16(19)17-7-10-3-11(8-17)5-12(4-10)9-17/h1-2,6,10-12H,3-5,7-9H2,(H,20,21,22)/p-1. The van der Waals surface area contributed by atoms with Gasteiger partial charge in [0.25, 0.3) is 0 Å². The Labute approximate surface area is 155 Å². The van der Waals surface area contributed by atoms with E-state index in [0.29, 0.717) is 27.1 Å². The highest BCUT2D eigenvalue weighted by Gasteiger charge is 2.55. The lowest BCUT2D eigenvalue weighted by Crippen LogP contribution is -2.51. The van der Waals surface area contributed by atoms with E-state index in [1.807, 2.05) is 22.6 Å². The zero-order chi connectivity index (χ0) is 17.1.